The van der Waals surface area contributed by atoms with Crippen LogP contribution in [-0.2, 0) is 11.3 Å². The number of carbonyl (C=O) groups is 1. The third kappa shape index (κ3) is 4.30. The Morgan fingerprint density at radius 2 is 2.09 bits per heavy atom. The standard InChI is InChI=1S/C14H21BrN4O3/c15-10-7-19(14(22)18-13(10)21)8-12(20)17-11(6-16)9-4-2-1-3-5-9/h7,9,11H,1-6,8,16H2,(H,17,20)(H,18,21,22). The van der Waals surface area contributed by atoms with Crippen molar-refractivity contribution in [1.29, 1.82) is 0 Å². The number of nitrogens with one attached hydrogen (secondary N) is 2. The highest BCUT2D eigenvalue weighted by Crippen LogP contribution is 2.26. The summed E-state index contributed by atoms with van der Waals surface area (Å²) in [7, 11) is 0. The third-order valence-corrected chi connectivity index (χ3v) is 4.67. The Morgan fingerprint density at radius 3 is 2.73 bits per heavy atom. The van der Waals surface area contributed by atoms with Gasteiger partial charge in [-0.25, -0.2) is 4.79 Å². The van der Waals surface area contributed by atoms with E-state index in [9.17, 15) is 14.4 Å². The summed E-state index contributed by atoms with van der Waals surface area (Å²) < 4.78 is 1.37. The fourth-order valence-corrected chi connectivity index (χ4v) is 3.26. The van der Waals surface area contributed by atoms with E-state index in [-0.39, 0.29) is 23.0 Å². The van der Waals surface area contributed by atoms with E-state index in [1.54, 1.807) is 0 Å². The van der Waals surface area contributed by atoms with Gasteiger partial charge in [-0.05, 0) is 34.7 Å². The number of aromatic amines is 1. The summed E-state index contributed by atoms with van der Waals surface area (Å²) in [5.74, 6) is 0.129. The molecule has 22 heavy (non-hydrogen) atoms. The van der Waals surface area contributed by atoms with Crippen molar-refractivity contribution < 1.29 is 4.79 Å². The van der Waals surface area contributed by atoms with Gasteiger partial charge in [-0.3, -0.25) is 19.1 Å². The van der Waals surface area contributed by atoms with Gasteiger partial charge in [0.15, 0.2) is 0 Å². The van der Waals surface area contributed by atoms with E-state index in [0.717, 1.165) is 17.4 Å². The van der Waals surface area contributed by atoms with Crippen LogP contribution < -0.4 is 22.3 Å². The van der Waals surface area contributed by atoms with Crippen molar-refractivity contribution in [1.82, 2.24) is 14.9 Å². The van der Waals surface area contributed by atoms with E-state index in [1.807, 2.05) is 0 Å². The van der Waals surface area contributed by atoms with E-state index in [1.165, 1.54) is 25.5 Å². The minimum absolute atomic E-state index is 0.0605. The summed E-state index contributed by atoms with van der Waals surface area (Å²) in [6.45, 7) is 0.248. The molecule has 0 aliphatic heterocycles. The maximum atomic E-state index is 12.1. The average Bonchev–Trinajstić information content (AvgIpc) is 2.51. The molecule has 1 aromatic heterocycles. The van der Waals surface area contributed by atoms with E-state index >= 15 is 0 Å². The highest BCUT2D eigenvalue weighted by Gasteiger charge is 2.24. The molecule has 1 saturated carbocycles. The fraction of sp³-hybridized carbons (Fsp3) is 0.643. The first-order chi connectivity index (χ1) is 10.5. The Labute approximate surface area is 136 Å². The maximum Gasteiger partial charge on any atom is 0.328 e. The van der Waals surface area contributed by atoms with Gasteiger partial charge in [0.1, 0.15) is 6.54 Å². The van der Waals surface area contributed by atoms with Crippen molar-refractivity contribution in [3.8, 4) is 0 Å². The summed E-state index contributed by atoms with van der Waals surface area (Å²) in [6, 6.07) is -0.0605. The van der Waals surface area contributed by atoms with Crippen molar-refractivity contribution >= 4 is 21.8 Å². The zero-order valence-electron chi connectivity index (χ0n) is 12.3. The lowest BCUT2D eigenvalue weighted by Gasteiger charge is -2.30. The second-order valence-corrected chi connectivity index (χ2v) is 6.53. The molecule has 1 aromatic rings. The number of H-pyrrole nitrogens is 1. The molecule has 1 aliphatic rings. The molecule has 8 heteroatoms. The molecule has 1 heterocycles. The van der Waals surface area contributed by atoms with Crippen molar-refractivity contribution in [2.24, 2.45) is 11.7 Å². The van der Waals surface area contributed by atoms with Crippen molar-refractivity contribution in [2.75, 3.05) is 6.54 Å². The third-order valence-electron chi connectivity index (χ3n) is 4.10. The molecule has 0 bridgehead atoms. The number of aromatic nitrogens is 2. The van der Waals surface area contributed by atoms with Gasteiger partial charge in [0.05, 0.1) is 4.47 Å². The molecule has 1 fully saturated rings. The minimum Gasteiger partial charge on any atom is -0.350 e. The number of hydrogen-bond acceptors (Lipinski definition) is 4. The van der Waals surface area contributed by atoms with Crippen LogP contribution in [0.1, 0.15) is 32.1 Å². The lowest BCUT2D eigenvalue weighted by atomic mass is 9.84. The van der Waals surface area contributed by atoms with Crippen LogP contribution in [0.2, 0.25) is 0 Å². The molecule has 7 nitrogen and oxygen atoms in total. The van der Waals surface area contributed by atoms with Crippen LogP contribution >= 0.6 is 15.9 Å². The van der Waals surface area contributed by atoms with Crippen LogP contribution in [0.3, 0.4) is 0 Å². The molecule has 1 atom stereocenters. The first-order valence-corrected chi connectivity index (χ1v) is 8.29. The largest absolute Gasteiger partial charge is 0.350 e. The Morgan fingerprint density at radius 1 is 1.41 bits per heavy atom. The van der Waals surface area contributed by atoms with Crippen LogP contribution in [0.25, 0.3) is 0 Å². The van der Waals surface area contributed by atoms with Crippen LogP contribution in [-0.4, -0.2) is 28.0 Å². The topological polar surface area (TPSA) is 110 Å². The van der Waals surface area contributed by atoms with Crippen LogP contribution in [0.5, 0.6) is 0 Å². The predicted molar refractivity (Wildman–Crippen MR) is 86.6 cm³/mol. The lowest BCUT2D eigenvalue weighted by molar-refractivity contribution is -0.122. The van der Waals surface area contributed by atoms with Gasteiger partial charge < -0.3 is 11.1 Å². The lowest BCUT2D eigenvalue weighted by Crippen LogP contribution is -2.47. The molecule has 122 valence electrons. The van der Waals surface area contributed by atoms with Gasteiger partial charge in [-0.1, -0.05) is 19.3 Å². The SMILES string of the molecule is NCC(NC(=O)Cn1cc(Br)c(=O)[nH]c1=O)C1CCCCC1. The number of nitrogens with zero attached hydrogens (tertiary/aromatic N) is 1. The van der Waals surface area contributed by atoms with Crippen LogP contribution in [0.4, 0.5) is 0 Å². The molecule has 0 saturated heterocycles. The molecule has 4 N–H and O–H groups in total. The first-order valence-electron chi connectivity index (χ1n) is 7.50. The highest BCUT2D eigenvalue weighted by atomic mass is 79.9. The number of rotatable bonds is 5. The van der Waals surface area contributed by atoms with Crippen LogP contribution in [0, 0.1) is 5.92 Å². The quantitative estimate of drug-likeness (QED) is 0.691. The van der Waals surface area contributed by atoms with Gasteiger partial charge in [-0.2, -0.15) is 0 Å². The average molecular weight is 373 g/mol. The monoisotopic (exact) mass is 372 g/mol. The maximum absolute atomic E-state index is 12.1. The number of hydrogen-bond donors (Lipinski definition) is 3. The smallest absolute Gasteiger partial charge is 0.328 e. The Hall–Kier alpha value is -1.41. The number of nitrogens with two attached hydrogens (primary N) is 1. The van der Waals surface area contributed by atoms with Gasteiger partial charge in [-0.15, -0.1) is 0 Å². The summed E-state index contributed by atoms with van der Waals surface area (Å²) in [5, 5.41) is 2.92. The molecular weight excluding hydrogens is 352 g/mol. The van der Waals surface area contributed by atoms with Crippen molar-refractivity contribution in [3.05, 3.63) is 31.5 Å². The number of amides is 1. The van der Waals surface area contributed by atoms with Crippen molar-refractivity contribution in [3.63, 3.8) is 0 Å². The van der Waals surface area contributed by atoms with E-state index < -0.39 is 11.2 Å². The van der Waals surface area contributed by atoms with Gasteiger partial charge >= 0.3 is 5.69 Å². The predicted octanol–water partition coefficient (Wildman–Crippen LogP) is 0.323. The molecule has 0 radical (unpaired) electrons. The van der Waals surface area contributed by atoms with E-state index in [2.05, 4.69) is 26.2 Å². The normalized spacial score (nSPS) is 17.2. The molecular formula is C14H21BrN4O3. The second kappa shape index (κ2) is 7.73. The molecule has 1 amide bonds. The summed E-state index contributed by atoms with van der Waals surface area (Å²) in [4.78, 5) is 37.2. The Balaban J connectivity index is 2.01. The number of carbonyl (C=O) groups excluding carboxylic acids is 1. The minimum atomic E-state index is -0.606. The molecule has 0 aromatic carbocycles. The van der Waals surface area contributed by atoms with E-state index in [0.29, 0.717) is 12.5 Å². The summed E-state index contributed by atoms with van der Waals surface area (Å²) >= 11 is 3.04. The highest BCUT2D eigenvalue weighted by molar-refractivity contribution is 9.10. The Kier molecular flexibility index (Phi) is 5.96. The van der Waals surface area contributed by atoms with Gasteiger partial charge in [0.2, 0.25) is 5.91 Å². The first kappa shape index (κ1) is 17.0. The summed E-state index contributed by atoms with van der Waals surface area (Å²) in [5.41, 5.74) is 4.66. The Bertz CT molecular complexity index is 634. The second-order valence-electron chi connectivity index (χ2n) is 5.67. The van der Waals surface area contributed by atoms with Gasteiger partial charge in [0, 0.05) is 18.8 Å². The number of halogens is 1. The zero-order valence-corrected chi connectivity index (χ0v) is 13.9. The van der Waals surface area contributed by atoms with E-state index in [4.69, 9.17) is 5.73 Å². The molecule has 2 rings (SSSR count). The van der Waals surface area contributed by atoms with Gasteiger partial charge in [0.25, 0.3) is 5.56 Å². The molecule has 0 spiro atoms. The summed E-state index contributed by atoms with van der Waals surface area (Å²) in [6.07, 6.45) is 7.05. The zero-order chi connectivity index (χ0) is 16.1. The fourth-order valence-electron chi connectivity index (χ4n) is 2.91. The van der Waals surface area contributed by atoms with Crippen molar-refractivity contribution in [2.45, 2.75) is 44.7 Å². The molecule has 1 unspecified atom stereocenters. The van der Waals surface area contributed by atoms with Crippen LogP contribution in [0.15, 0.2) is 20.3 Å². The molecule has 1 aliphatic carbocycles.